The van der Waals surface area contributed by atoms with Gasteiger partial charge in [0.25, 0.3) is 5.91 Å². The van der Waals surface area contributed by atoms with Crippen molar-refractivity contribution in [2.45, 2.75) is 13.5 Å². The molecule has 0 spiro atoms. The van der Waals surface area contributed by atoms with Crippen LogP contribution in [-0.4, -0.2) is 15.9 Å². The average molecular weight is 315 g/mol. The quantitative estimate of drug-likeness (QED) is 0.801. The third-order valence-corrected chi connectivity index (χ3v) is 4.82. The van der Waals surface area contributed by atoms with Crippen molar-refractivity contribution in [3.8, 4) is 10.6 Å². The number of nitrogens with zero attached hydrogens (tertiary/aromatic N) is 2. The number of hydrogen-bond acceptors (Lipinski definition) is 5. The summed E-state index contributed by atoms with van der Waals surface area (Å²) in [6, 6.07) is 7.65. The standard InChI is InChI=1S/C15H13N3OS2/c1-10-13(21-15(18-10)11-5-7-20-9-11)14(19)17-8-12-4-2-3-6-16-12/h2-7,9H,8H2,1H3,(H,17,19). The number of thiazole rings is 1. The monoisotopic (exact) mass is 315 g/mol. The van der Waals surface area contributed by atoms with Crippen molar-refractivity contribution in [2.24, 2.45) is 0 Å². The maximum Gasteiger partial charge on any atom is 0.263 e. The Hall–Kier alpha value is -2.05. The first-order valence-corrected chi connectivity index (χ1v) is 8.18. The van der Waals surface area contributed by atoms with Crippen LogP contribution >= 0.6 is 22.7 Å². The lowest BCUT2D eigenvalue weighted by Crippen LogP contribution is -2.23. The van der Waals surface area contributed by atoms with Gasteiger partial charge in [0.05, 0.1) is 17.9 Å². The Kier molecular flexibility index (Phi) is 4.08. The molecule has 0 aliphatic carbocycles. The Labute approximate surface area is 130 Å². The summed E-state index contributed by atoms with van der Waals surface area (Å²) in [7, 11) is 0. The molecule has 0 radical (unpaired) electrons. The molecule has 0 aliphatic heterocycles. The molecule has 0 bridgehead atoms. The Morgan fingerprint density at radius 2 is 2.24 bits per heavy atom. The number of thiophene rings is 1. The van der Waals surface area contributed by atoms with Crippen LogP contribution in [0.4, 0.5) is 0 Å². The largest absolute Gasteiger partial charge is 0.346 e. The van der Waals surface area contributed by atoms with Crippen molar-refractivity contribution < 1.29 is 4.79 Å². The Morgan fingerprint density at radius 3 is 2.95 bits per heavy atom. The minimum atomic E-state index is -0.0999. The molecule has 1 N–H and O–H groups in total. The van der Waals surface area contributed by atoms with Gasteiger partial charge in [0.1, 0.15) is 9.88 Å². The van der Waals surface area contributed by atoms with Gasteiger partial charge in [0.15, 0.2) is 0 Å². The van der Waals surface area contributed by atoms with Crippen LogP contribution in [0.25, 0.3) is 10.6 Å². The average Bonchev–Trinajstić information content (AvgIpc) is 3.15. The second-order valence-electron chi connectivity index (χ2n) is 4.45. The fraction of sp³-hybridized carbons (Fsp3) is 0.133. The van der Waals surface area contributed by atoms with E-state index in [0.29, 0.717) is 11.4 Å². The minimum Gasteiger partial charge on any atom is -0.346 e. The highest BCUT2D eigenvalue weighted by atomic mass is 32.1. The maximum atomic E-state index is 12.3. The predicted octanol–water partition coefficient (Wildman–Crippen LogP) is 3.51. The summed E-state index contributed by atoms with van der Waals surface area (Å²) in [6.07, 6.45) is 1.72. The lowest BCUT2D eigenvalue weighted by Gasteiger charge is -2.03. The van der Waals surface area contributed by atoms with Crippen molar-refractivity contribution in [1.29, 1.82) is 0 Å². The summed E-state index contributed by atoms with van der Waals surface area (Å²) in [5.41, 5.74) is 2.67. The summed E-state index contributed by atoms with van der Waals surface area (Å²) in [4.78, 5) is 21.6. The van der Waals surface area contributed by atoms with Crippen molar-refractivity contribution in [1.82, 2.24) is 15.3 Å². The maximum absolute atomic E-state index is 12.3. The highest BCUT2D eigenvalue weighted by Crippen LogP contribution is 2.29. The number of carbonyl (C=O) groups excluding carboxylic acids is 1. The molecule has 0 saturated heterocycles. The smallest absolute Gasteiger partial charge is 0.263 e. The van der Waals surface area contributed by atoms with Gasteiger partial charge in [0, 0.05) is 17.1 Å². The van der Waals surface area contributed by atoms with Crippen LogP contribution in [-0.2, 0) is 6.54 Å². The molecule has 3 aromatic heterocycles. The lowest BCUT2D eigenvalue weighted by atomic mass is 10.3. The Morgan fingerprint density at radius 1 is 1.33 bits per heavy atom. The zero-order valence-electron chi connectivity index (χ0n) is 11.4. The van der Waals surface area contributed by atoms with Gasteiger partial charge in [-0.05, 0) is 30.5 Å². The lowest BCUT2D eigenvalue weighted by molar-refractivity contribution is 0.0953. The summed E-state index contributed by atoms with van der Waals surface area (Å²) in [6.45, 7) is 2.28. The highest BCUT2D eigenvalue weighted by Gasteiger charge is 2.16. The van der Waals surface area contributed by atoms with Crippen LogP contribution in [0, 0.1) is 6.92 Å². The fourth-order valence-corrected chi connectivity index (χ4v) is 3.56. The third kappa shape index (κ3) is 3.17. The molecule has 6 heteroatoms. The van der Waals surface area contributed by atoms with E-state index < -0.39 is 0 Å². The SMILES string of the molecule is Cc1nc(-c2ccsc2)sc1C(=O)NCc1ccccn1. The zero-order chi connectivity index (χ0) is 14.7. The van der Waals surface area contributed by atoms with Crippen molar-refractivity contribution in [3.05, 3.63) is 57.5 Å². The van der Waals surface area contributed by atoms with Gasteiger partial charge in [-0.15, -0.1) is 11.3 Å². The molecule has 21 heavy (non-hydrogen) atoms. The Balaban J connectivity index is 1.73. The van der Waals surface area contributed by atoms with Crippen LogP contribution in [0.3, 0.4) is 0 Å². The number of nitrogens with one attached hydrogen (secondary N) is 1. The number of amides is 1. The van der Waals surface area contributed by atoms with E-state index >= 15 is 0 Å². The highest BCUT2D eigenvalue weighted by molar-refractivity contribution is 7.17. The van der Waals surface area contributed by atoms with E-state index in [1.165, 1.54) is 11.3 Å². The van der Waals surface area contributed by atoms with Gasteiger partial charge >= 0.3 is 0 Å². The summed E-state index contributed by atoms with van der Waals surface area (Å²) in [5.74, 6) is -0.0999. The van der Waals surface area contributed by atoms with Crippen molar-refractivity contribution >= 4 is 28.6 Å². The van der Waals surface area contributed by atoms with Crippen LogP contribution in [0.2, 0.25) is 0 Å². The molecule has 0 aromatic carbocycles. The van der Waals surface area contributed by atoms with Gasteiger partial charge in [0.2, 0.25) is 0 Å². The van der Waals surface area contributed by atoms with Crippen LogP contribution < -0.4 is 5.32 Å². The molecule has 0 saturated carbocycles. The summed E-state index contributed by atoms with van der Waals surface area (Å²) >= 11 is 3.05. The number of carbonyl (C=O) groups is 1. The first-order valence-electron chi connectivity index (χ1n) is 6.42. The molecule has 3 heterocycles. The van der Waals surface area contributed by atoms with E-state index in [9.17, 15) is 4.79 Å². The first kappa shape index (κ1) is 13.9. The van der Waals surface area contributed by atoms with Gasteiger partial charge in [-0.2, -0.15) is 11.3 Å². The van der Waals surface area contributed by atoms with Crippen LogP contribution in [0.1, 0.15) is 21.1 Å². The van der Waals surface area contributed by atoms with E-state index in [1.807, 2.05) is 41.9 Å². The molecular formula is C15H13N3OS2. The van der Waals surface area contributed by atoms with Gasteiger partial charge in [-0.3, -0.25) is 9.78 Å². The fourth-order valence-electron chi connectivity index (χ4n) is 1.87. The molecule has 0 aliphatic rings. The topological polar surface area (TPSA) is 54.9 Å². The van der Waals surface area contributed by atoms with Crippen LogP contribution in [0.15, 0.2) is 41.2 Å². The minimum absolute atomic E-state index is 0.0999. The van der Waals surface area contributed by atoms with Crippen molar-refractivity contribution in [3.63, 3.8) is 0 Å². The van der Waals surface area contributed by atoms with E-state index in [0.717, 1.165) is 22.0 Å². The van der Waals surface area contributed by atoms with Gasteiger partial charge < -0.3 is 5.32 Å². The number of rotatable bonds is 4. The molecule has 3 rings (SSSR count). The van der Waals surface area contributed by atoms with Gasteiger partial charge in [-0.25, -0.2) is 4.98 Å². The molecule has 106 valence electrons. The second-order valence-corrected chi connectivity index (χ2v) is 6.23. The molecule has 3 aromatic rings. The zero-order valence-corrected chi connectivity index (χ0v) is 13.0. The summed E-state index contributed by atoms with van der Waals surface area (Å²) < 4.78 is 0. The number of aromatic nitrogens is 2. The predicted molar refractivity (Wildman–Crippen MR) is 85.6 cm³/mol. The normalized spacial score (nSPS) is 10.5. The molecule has 0 unspecified atom stereocenters. The van der Waals surface area contributed by atoms with E-state index in [-0.39, 0.29) is 5.91 Å². The number of hydrogen-bond donors (Lipinski definition) is 1. The molecule has 4 nitrogen and oxygen atoms in total. The third-order valence-electron chi connectivity index (χ3n) is 2.93. The number of pyridine rings is 1. The second kappa shape index (κ2) is 6.15. The molecule has 0 fully saturated rings. The summed E-state index contributed by atoms with van der Waals surface area (Å²) in [5, 5.41) is 7.81. The van der Waals surface area contributed by atoms with E-state index in [4.69, 9.17) is 0 Å². The van der Waals surface area contributed by atoms with Crippen molar-refractivity contribution in [2.75, 3.05) is 0 Å². The van der Waals surface area contributed by atoms with Crippen LogP contribution in [0.5, 0.6) is 0 Å². The van der Waals surface area contributed by atoms with E-state index in [1.54, 1.807) is 17.5 Å². The number of aryl methyl sites for hydroxylation is 1. The van der Waals surface area contributed by atoms with Gasteiger partial charge in [-0.1, -0.05) is 6.07 Å². The molecule has 1 amide bonds. The van der Waals surface area contributed by atoms with E-state index in [2.05, 4.69) is 15.3 Å². The Bertz CT molecular complexity index is 736. The molecular weight excluding hydrogens is 302 g/mol. The molecule has 0 atom stereocenters. The first-order chi connectivity index (χ1) is 10.2.